The highest BCUT2D eigenvalue weighted by atomic mass is 32.2. The van der Waals surface area contributed by atoms with Gasteiger partial charge in [0.2, 0.25) is 11.5 Å². The maximum absolute atomic E-state index is 15.2. The topological polar surface area (TPSA) is 163 Å². The number of anilines is 1. The fraction of sp³-hybridized carbons (Fsp3) is 0.444. The van der Waals surface area contributed by atoms with Crippen molar-refractivity contribution in [3.8, 4) is 17.5 Å². The average Bonchev–Trinajstić information content (AvgIpc) is 3.55. The van der Waals surface area contributed by atoms with Crippen LogP contribution in [-0.2, 0) is 42.2 Å². The molecule has 0 saturated heterocycles. The first-order valence-corrected chi connectivity index (χ1v) is 18.3. The number of pyridine rings is 1. The maximum atomic E-state index is 15.2. The van der Waals surface area contributed by atoms with E-state index in [0.29, 0.717) is 11.6 Å². The summed E-state index contributed by atoms with van der Waals surface area (Å²) in [6.07, 6.45) is -12.8. The van der Waals surface area contributed by atoms with Crippen molar-refractivity contribution in [3.63, 3.8) is 0 Å². The quantitative estimate of drug-likeness (QED) is 0.0669. The van der Waals surface area contributed by atoms with Crippen LogP contribution >= 0.6 is 0 Å². The van der Waals surface area contributed by atoms with Gasteiger partial charge in [-0.3, -0.25) is 9.50 Å². The Kier molecular flexibility index (Phi) is 13.2. The van der Waals surface area contributed by atoms with Gasteiger partial charge in [0.05, 0.1) is 23.3 Å². The number of unbranched alkanes of at least 4 members (excludes halogenated alkanes) is 2. The van der Waals surface area contributed by atoms with E-state index < -0.39 is 93.5 Å². The van der Waals surface area contributed by atoms with Gasteiger partial charge in [0.25, 0.3) is 21.9 Å². The summed E-state index contributed by atoms with van der Waals surface area (Å²) in [6.45, 7) is 7.17. The molecule has 19 heteroatoms. The number of benzene rings is 2. The first-order chi connectivity index (χ1) is 25.5. The highest BCUT2D eigenvalue weighted by Crippen LogP contribution is 2.47. The highest BCUT2D eigenvalue weighted by molar-refractivity contribution is 7.86. The Morgan fingerprint density at radius 2 is 1.60 bits per heavy atom. The van der Waals surface area contributed by atoms with E-state index in [4.69, 9.17) is 18.1 Å². The number of ether oxygens (including phenoxy) is 2. The van der Waals surface area contributed by atoms with Crippen LogP contribution in [0.2, 0.25) is 0 Å². The van der Waals surface area contributed by atoms with Gasteiger partial charge >= 0.3 is 18.4 Å². The second-order valence-electron chi connectivity index (χ2n) is 13.7. The molecular formula is C36H40F6N4O8S. The molecule has 300 valence electrons. The van der Waals surface area contributed by atoms with Gasteiger partial charge in [-0.15, -0.1) is 10.2 Å². The molecule has 4 aromatic rings. The third-order valence-electron chi connectivity index (χ3n) is 7.94. The highest BCUT2D eigenvalue weighted by Gasteiger charge is 2.61. The van der Waals surface area contributed by atoms with Crippen molar-refractivity contribution in [2.24, 2.45) is 0 Å². The smallest absolute Gasteiger partial charge is 0.426 e. The van der Waals surface area contributed by atoms with E-state index >= 15 is 13.2 Å². The number of alkyl halides is 6. The second-order valence-corrected chi connectivity index (χ2v) is 15.2. The van der Waals surface area contributed by atoms with Gasteiger partial charge in [-0.25, -0.2) is 9.78 Å². The minimum absolute atomic E-state index is 0.0381. The number of hydrogen-bond donors (Lipinski definition) is 2. The third kappa shape index (κ3) is 11.4. The van der Waals surface area contributed by atoms with Gasteiger partial charge in [0, 0.05) is 0 Å². The van der Waals surface area contributed by atoms with Crippen molar-refractivity contribution in [2.45, 2.75) is 108 Å². The Balaban J connectivity index is 1.63. The number of aromatic hydroxyl groups is 1. The molecule has 4 rings (SSSR count). The summed E-state index contributed by atoms with van der Waals surface area (Å²) in [5, 5.41) is 19.4. The Morgan fingerprint density at radius 1 is 0.945 bits per heavy atom. The zero-order chi connectivity index (χ0) is 40.8. The van der Waals surface area contributed by atoms with Gasteiger partial charge in [0.15, 0.2) is 5.69 Å². The van der Waals surface area contributed by atoms with E-state index in [9.17, 15) is 31.5 Å². The number of carbonyl (C=O) groups excluding carboxylic acids is 1. The Hall–Kier alpha value is -4.75. The summed E-state index contributed by atoms with van der Waals surface area (Å²) in [6, 6.07) is 14.2. The summed E-state index contributed by atoms with van der Waals surface area (Å²) in [4.78, 5) is 16.0. The Labute approximate surface area is 313 Å². The van der Waals surface area contributed by atoms with Gasteiger partial charge in [-0.05, 0) is 77.6 Å². The third-order valence-corrected chi connectivity index (χ3v) is 9.37. The Bertz CT molecular complexity index is 2020. The lowest BCUT2D eigenvalue weighted by atomic mass is 9.94. The standard InChI is InChI=1S/C36H40F6N4O8S/c1-22-15-17-25(18-16-22)55(49,50)54-23(2)12-8-7-11-19-34(36(40,41)42,51-21-24-13-9-6-10-14-24)31-46-45-30(52-31)28-27(43-32(48)53-33(3,4)5)20-26(29(47)44-28)35(37,38)39/h6,9-10,13-18,20,23H,7-8,11-12,19,21H2,1-5H3,(H,43,48)(H,44,47). The van der Waals surface area contributed by atoms with Crippen LogP contribution in [0, 0.1) is 6.92 Å². The maximum Gasteiger partial charge on any atom is 0.426 e. The van der Waals surface area contributed by atoms with Crippen molar-refractivity contribution in [3.05, 3.63) is 83.2 Å². The summed E-state index contributed by atoms with van der Waals surface area (Å²) in [7, 11) is -4.09. The number of amides is 1. The molecule has 2 unspecified atom stereocenters. The molecule has 2 N–H and O–H groups in total. The van der Waals surface area contributed by atoms with E-state index in [1.807, 2.05) is 5.32 Å². The van der Waals surface area contributed by atoms with E-state index in [1.54, 1.807) is 37.3 Å². The SMILES string of the molecule is Cc1ccc(S(=O)(=O)OC(C)CCCCCC(OCc2ccccc2)(c2nnc(-c3nc(O)c(C(F)(F)F)cc3NC(=O)OC(C)(C)C)o2)C(F)(F)F)cc1. The largest absolute Gasteiger partial charge is 0.493 e. The summed E-state index contributed by atoms with van der Waals surface area (Å²) >= 11 is 0. The van der Waals surface area contributed by atoms with Crippen LogP contribution < -0.4 is 5.32 Å². The van der Waals surface area contributed by atoms with Gasteiger partial charge < -0.3 is 19.0 Å². The number of hydrogen-bond acceptors (Lipinski definition) is 11. The zero-order valence-corrected chi connectivity index (χ0v) is 31.2. The average molecular weight is 803 g/mol. The predicted octanol–water partition coefficient (Wildman–Crippen LogP) is 9.23. The summed E-state index contributed by atoms with van der Waals surface area (Å²) < 4.78 is 134. The molecule has 0 radical (unpaired) electrons. The molecule has 2 heterocycles. The van der Waals surface area contributed by atoms with Crippen molar-refractivity contribution in [1.82, 2.24) is 15.2 Å². The van der Waals surface area contributed by atoms with Crippen LogP contribution in [0.3, 0.4) is 0 Å². The van der Waals surface area contributed by atoms with Crippen LogP contribution in [0.4, 0.5) is 36.8 Å². The van der Waals surface area contributed by atoms with Crippen LogP contribution in [0.25, 0.3) is 11.6 Å². The number of halogens is 6. The van der Waals surface area contributed by atoms with Crippen molar-refractivity contribution >= 4 is 21.9 Å². The molecule has 2 aromatic carbocycles. The lowest BCUT2D eigenvalue weighted by molar-refractivity contribution is -0.300. The van der Waals surface area contributed by atoms with Gasteiger partial charge in [-0.1, -0.05) is 60.9 Å². The number of rotatable bonds is 15. The monoisotopic (exact) mass is 802 g/mol. The van der Waals surface area contributed by atoms with Crippen LogP contribution in [0.5, 0.6) is 5.88 Å². The number of nitrogens with zero attached hydrogens (tertiary/aromatic N) is 3. The first-order valence-electron chi connectivity index (χ1n) is 16.9. The lowest BCUT2D eigenvalue weighted by Gasteiger charge is -2.32. The molecule has 0 aliphatic rings. The van der Waals surface area contributed by atoms with E-state index in [1.165, 1.54) is 52.0 Å². The lowest BCUT2D eigenvalue weighted by Crippen LogP contribution is -2.45. The predicted molar refractivity (Wildman–Crippen MR) is 185 cm³/mol. The molecule has 12 nitrogen and oxygen atoms in total. The van der Waals surface area contributed by atoms with E-state index in [-0.39, 0.29) is 30.6 Å². The van der Waals surface area contributed by atoms with Crippen molar-refractivity contribution in [1.29, 1.82) is 0 Å². The second kappa shape index (κ2) is 16.9. The fourth-order valence-corrected chi connectivity index (χ4v) is 6.35. The number of aryl methyl sites for hydroxylation is 1. The van der Waals surface area contributed by atoms with E-state index in [0.717, 1.165) is 5.56 Å². The molecule has 0 aliphatic heterocycles. The molecule has 0 bridgehead atoms. The van der Waals surface area contributed by atoms with Gasteiger partial charge in [0.1, 0.15) is 11.2 Å². The van der Waals surface area contributed by atoms with Crippen LogP contribution in [0.1, 0.15) is 82.4 Å². The first kappa shape index (κ1) is 43.0. The number of aromatic nitrogens is 3. The Morgan fingerprint density at radius 3 is 2.20 bits per heavy atom. The molecule has 1 amide bonds. The summed E-state index contributed by atoms with van der Waals surface area (Å²) in [5.41, 5.74) is -6.40. The van der Waals surface area contributed by atoms with Crippen molar-refractivity contribution < 1.29 is 62.7 Å². The minimum atomic E-state index is -5.21. The van der Waals surface area contributed by atoms with Crippen molar-refractivity contribution in [2.75, 3.05) is 5.32 Å². The summed E-state index contributed by atoms with van der Waals surface area (Å²) in [5.74, 6) is -3.59. The number of carbonyl (C=O) groups is 1. The van der Waals surface area contributed by atoms with Crippen LogP contribution in [-0.4, -0.2) is 52.7 Å². The molecule has 2 aromatic heterocycles. The normalized spacial score (nSPS) is 14.3. The van der Waals surface area contributed by atoms with E-state index in [2.05, 4.69) is 15.2 Å². The zero-order valence-electron chi connectivity index (χ0n) is 30.4. The minimum Gasteiger partial charge on any atom is -0.493 e. The molecule has 0 fully saturated rings. The fourth-order valence-electron chi connectivity index (χ4n) is 5.24. The van der Waals surface area contributed by atoms with Crippen LogP contribution in [0.15, 0.2) is 70.0 Å². The van der Waals surface area contributed by atoms with Gasteiger partial charge in [-0.2, -0.15) is 34.8 Å². The molecule has 0 spiro atoms. The molecule has 0 aliphatic carbocycles. The molecule has 2 atom stereocenters. The molecule has 0 saturated carbocycles. The number of nitrogens with one attached hydrogen (secondary N) is 1. The molecular weight excluding hydrogens is 762 g/mol. The molecule has 55 heavy (non-hydrogen) atoms.